The first-order valence-corrected chi connectivity index (χ1v) is 9.46. The van der Waals surface area contributed by atoms with E-state index < -0.39 is 0 Å². The first-order chi connectivity index (χ1) is 12.7. The number of hydrogen-bond acceptors (Lipinski definition) is 4. The Morgan fingerprint density at radius 2 is 2.08 bits per heavy atom. The zero-order valence-corrected chi connectivity index (χ0v) is 15.4. The van der Waals surface area contributed by atoms with Crippen molar-refractivity contribution in [2.75, 3.05) is 40.0 Å². The highest BCUT2D eigenvalue weighted by Crippen LogP contribution is 2.21. The lowest BCUT2D eigenvalue weighted by molar-refractivity contribution is -0.126. The molecular weight excluding hydrogens is 332 g/mol. The number of piperidine rings is 1. The molecule has 1 aromatic carbocycles. The number of carbonyl (C=O) groups is 2. The molecule has 2 heterocycles. The van der Waals surface area contributed by atoms with Gasteiger partial charge in [-0.25, -0.2) is 0 Å². The molecule has 2 aliphatic heterocycles. The van der Waals surface area contributed by atoms with Crippen LogP contribution < -0.4 is 10.1 Å². The van der Waals surface area contributed by atoms with Crippen molar-refractivity contribution in [1.29, 1.82) is 0 Å². The van der Waals surface area contributed by atoms with Gasteiger partial charge in [0.25, 0.3) is 5.91 Å². The highest BCUT2D eigenvalue weighted by atomic mass is 16.5. The van der Waals surface area contributed by atoms with E-state index in [1.54, 1.807) is 19.2 Å². The summed E-state index contributed by atoms with van der Waals surface area (Å²) < 4.78 is 10.5. The Bertz CT molecular complexity index is 620. The van der Waals surface area contributed by atoms with Gasteiger partial charge in [0.05, 0.1) is 7.11 Å². The fraction of sp³-hybridized carbons (Fsp3) is 0.600. The van der Waals surface area contributed by atoms with Crippen molar-refractivity contribution in [3.05, 3.63) is 29.8 Å². The number of methoxy groups -OCH3 is 1. The Morgan fingerprint density at radius 1 is 1.27 bits per heavy atom. The second-order valence-electron chi connectivity index (χ2n) is 7.11. The van der Waals surface area contributed by atoms with Crippen molar-refractivity contribution in [3.63, 3.8) is 0 Å². The predicted octanol–water partition coefficient (Wildman–Crippen LogP) is 2.09. The van der Waals surface area contributed by atoms with Gasteiger partial charge in [0.2, 0.25) is 5.91 Å². The van der Waals surface area contributed by atoms with Crippen LogP contribution >= 0.6 is 0 Å². The molecule has 1 atom stereocenters. The number of ether oxygens (including phenoxy) is 2. The first kappa shape index (κ1) is 18.7. The molecule has 142 valence electrons. The van der Waals surface area contributed by atoms with Crippen molar-refractivity contribution in [1.82, 2.24) is 10.2 Å². The summed E-state index contributed by atoms with van der Waals surface area (Å²) in [6.45, 7) is 3.62. The van der Waals surface area contributed by atoms with Crippen LogP contribution in [0.1, 0.15) is 36.0 Å². The molecular formula is C20H28N2O4. The highest BCUT2D eigenvalue weighted by Gasteiger charge is 2.28. The van der Waals surface area contributed by atoms with E-state index in [2.05, 4.69) is 5.32 Å². The smallest absolute Gasteiger partial charge is 0.253 e. The summed E-state index contributed by atoms with van der Waals surface area (Å²) in [7, 11) is 1.59. The van der Waals surface area contributed by atoms with E-state index in [1.165, 1.54) is 0 Å². The Hall–Kier alpha value is -2.08. The Labute approximate surface area is 154 Å². The fourth-order valence-corrected chi connectivity index (χ4v) is 3.64. The van der Waals surface area contributed by atoms with Gasteiger partial charge >= 0.3 is 0 Å². The third-order valence-corrected chi connectivity index (χ3v) is 5.35. The molecule has 3 rings (SSSR count). The monoisotopic (exact) mass is 360 g/mol. The number of likely N-dealkylation sites (tertiary alicyclic amines) is 1. The molecule has 0 unspecified atom stereocenters. The molecule has 26 heavy (non-hydrogen) atoms. The zero-order valence-electron chi connectivity index (χ0n) is 15.4. The minimum absolute atomic E-state index is 0.00370. The fourth-order valence-electron chi connectivity index (χ4n) is 3.64. The largest absolute Gasteiger partial charge is 0.497 e. The normalized spacial score (nSPS) is 20.8. The predicted molar refractivity (Wildman–Crippen MR) is 98.2 cm³/mol. The van der Waals surface area contributed by atoms with E-state index in [9.17, 15) is 9.59 Å². The highest BCUT2D eigenvalue weighted by molar-refractivity contribution is 5.94. The molecule has 6 heteroatoms. The summed E-state index contributed by atoms with van der Waals surface area (Å²) in [6.07, 6.45) is 3.52. The van der Waals surface area contributed by atoms with E-state index in [-0.39, 0.29) is 17.7 Å². The Morgan fingerprint density at radius 3 is 2.77 bits per heavy atom. The first-order valence-electron chi connectivity index (χ1n) is 9.46. The van der Waals surface area contributed by atoms with Crippen molar-refractivity contribution in [2.45, 2.75) is 25.7 Å². The summed E-state index contributed by atoms with van der Waals surface area (Å²) in [5, 5.41) is 3.06. The lowest BCUT2D eigenvalue weighted by Gasteiger charge is -2.31. The van der Waals surface area contributed by atoms with Gasteiger partial charge in [-0.15, -0.1) is 0 Å². The van der Waals surface area contributed by atoms with Gasteiger partial charge in [-0.05, 0) is 49.8 Å². The van der Waals surface area contributed by atoms with Crippen LogP contribution in [0.15, 0.2) is 24.3 Å². The number of nitrogens with one attached hydrogen (secondary N) is 1. The van der Waals surface area contributed by atoms with Crippen molar-refractivity contribution in [2.24, 2.45) is 11.8 Å². The average Bonchev–Trinajstić information content (AvgIpc) is 3.21. The quantitative estimate of drug-likeness (QED) is 0.843. The molecule has 0 bridgehead atoms. The van der Waals surface area contributed by atoms with Gasteiger partial charge in [-0.1, -0.05) is 6.07 Å². The summed E-state index contributed by atoms with van der Waals surface area (Å²) >= 11 is 0. The van der Waals surface area contributed by atoms with Gasteiger partial charge in [0.1, 0.15) is 5.75 Å². The maximum absolute atomic E-state index is 12.6. The number of carbonyl (C=O) groups excluding carboxylic acids is 2. The third-order valence-electron chi connectivity index (χ3n) is 5.35. The standard InChI is InChI=1S/C20H28N2O4/c1-25-18-4-2-3-17(13-18)20(24)22-10-6-16(7-11-22)19(23)21-9-5-15-8-12-26-14-15/h2-4,13,15-16H,5-12,14H2,1H3,(H,21,23)/t15-/m1/s1. The molecule has 1 aromatic rings. The van der Waals surface area contributed by atoms with E-state index in [0.29, 0.717) is 43.2 Å². The maximum atomic E-state index is 12.6. The van der Waals surface area contributed by atoms with Gasteiger partial charge < -0.3 is 19.7 Å². The molecule has 1 N–H and O–H groups in total. The molecule has 2 amide bonds. The van der Waals surface area contributed by atoms with Gasteiger partial charge in [0.15, 0.2) is 0 Å². The van der Waals surface area contributed by atoms with E-state index in [0.717, 1.165) is 32.6 Å². The van der Waals surface area contributed by atoms with Crippen molar-refractivity contribution in [3.8, 4) is 5.75 Å². The van der Waals surface area contributed by atoms with Crippen LogP contribution in [0.4, 0.5) is 0 Å². The summed E-state index contributed by atoms with van der Waals surface area (Å²) in [5.74, 6) is 1.39. The molecule has 0 spiro atoms. The van der Waals surface area contributed by atoms with Crippen molar-refractivity contribution < 1.29 is 19.1 Å². The minimum atomic E-state index is 0.00370. The Kier molecular flexibility index (Phi) is 6.50. The van der Waals surface area contributed by atoms with Crippen LogP contribution in [-0.4, -0.2) is 56.7 Å². The maximum Gasteiger partial charge on any atom is 0.253 e. The molecule has 0 aliphatic carbocycles. The van der Waals surface area contributed by atoms with E-state index in [4.69, 9.17) is 9.47 Å². The van der Waals surface area contributed by atoms with Gasteiger partial charge in [0, 0.05) is 44.3 Å². The van der Waals surface area contributed by atoms with Crippen LogP contribution in [0.5, 0.6) is 5.75 Å². The minimum Gasteiger partial charge on any atom is -0.497 e. The molecule has 2 saturated heterocycles. The lowest BCUT2D eigenvalue weighted by atomic mass is 9.95. The van der Waals surface area contributed by atoms with Crippen LogP contribution in [0.3, 0.4) is 0 Å². The number of hydrogen-bond donors (Lipinski definition) is 1. The number of nitrogens with zero attached hydrogens (tertiary/aromatic N) is 1. The molecule has 6 nitrogen and oxygen atoms in total. The molecule has 2 aliphatic rings. The molecule has 0 radical (unpaired) electrons. The van der Waals surface area contributed by atoms with Gasteiger partial charge in [-0.2, -0.15) is 0 Å². The van der Waals surface area contributed by atoms with Crippen LogP contribution in [0, 0.1) is 11.8 Å². The molecule has 2 fully saturated rings. The molecule has 0 saturated carbocycles. The summed E-state index contributed by atoms with van der Waals surface area (Å²) in [4.78, 5) is 26.8. The number of amides is 2. The van der Waals surface area contributed by atoms with Crippen LogP contribution in [0.25, 0.3) is 0 Å². The summed E-state index contributed by atoms with van der Waals surface area (Å²) in [5.41, 5.74) is 0.631. The van der Waals surface area contributed by atoms with Gasteiger partial charge in [-0.3, -0.25) is 9.59 Å². The number of rotatable bonds is 6. The summed E-state index contributed by atoms with van der Waals surface area (Å²) in [6, 6.07) is 7.21. The second-order valence-corrected chi connectivity index (χ2v) is 7.11. The van der Waals surface area contributed by atoms with E-state index >= 15 is 0 Å². The SMILES string of the molecule is COc1cccc(C(=O)N2CCC(C(=O)NCC[C@@H]3CCOC3)CC2)c1. The molecule has 0 aromatic heterocycles. The average molecular weight is 360 g/mol. The lowest BCUT2D eigenvalue weighted by Crippen LogP contribution is -2.43. The van der Waals surface area contributed by atoms with Crippen LogP contribution in [-0.2, 0) is 9.53 Å². The Balaban J connectivity index is 1.42. The topological polar surface area (TPSA) is 67.9 Å². The van der Waals surface area contributed by atoms with Crippen molar-refractivity contribution >= 4 is 11.8 Å². The zero-order chi connectivity index (χ0) is 18.4. The third kappa shape index (κ3) is 4.75. The van der Waals surface area contributed by atoms with Crippen LogP contribution in [0.2, 0.25) is 0 Å². The second kappa shape index (κ2) is 9.03. The number of benzene rings is 1. The van der Waals surface area contributed by atoms with E-state index in [1.807, 2.05) is 17.0 Å².